The van der Waals surface area contributed by atoms with E-state index in [0.29, 0.717) is 77.2 Å². The highest BCUT2D eigenvalue weighted by Gasteiger charge is 2.30. The van der Waals surface area contributed by atoms with Gasteiger partial charge in [-0.2, -0.15) is 0 Å². The molecular weight excluding hydrogens is 1100 g/mol. The average Bonchev–Trinajstić information content (AvgIpc) is 3.16. The van der Waals surface area contributed by atoms with Crippen molar-refractivity contribution in [3.8, 4) is 0 Å². The lowest BCUT2D eigenvalue weighted by atomic mass is 10.0. The predicted octanol–water partition coefficient (Wildman–Crippen LogP) is 5.41. The van der Waals surface area contributed by atoms with Gasteiger partial charge in [-0.1, -0.05) is 82.6 Å². The Morgan fingerprint density at radius 2 is 1.44 bits per heavy atom. The monoisotopic (exact) mass is 1180 g/mol. The molecule has 2 aliphatic heterocycles. The molecule has 3 aromatic carbocycles. The molecular formula is C62H77N13O11. The van der Waals surface area contributed by atoms with Gasteiger partial charge in [-0.15, -0.1) is 0 Å². The summed E-state index contributed by atoms with van der Waals surface area (Å²) in [4.78, 5) is 141. The van der Waals surface area contributed by atoms with Gasteiger partial charge < -0.3 is 58.3 Å². The zero-order valence-electron chi connectivity index (χ0n) is 48.9. The zero-order chi connectivity index (χ0) is 62.1. The third kappa shape index (κ3) is 20.6. The number of aliphatic imine (C=N–C) groups is 1. The molecule has 0 aliphatic carbocycles. The van der Waals surface area contributed by atoms with Crippen LogP contribution in [0, 0.1) is 5.92 Å². The average molecular weight is 1180 g/mol. The first-order valence-electron chi connectivity index (χ1n) is 28.8. The van der Waals surface area contributed by atoms with Crippen molar-refractivity contribution < 1.29 is 52.7 Å². The lowest BCUT2D eigenvalue weighted by Crippen LogP contribution is -2.54. The number of pyridine rings is 1. The van der Waals surface area contributed by atoms with Crippen molar-refractivity contribution in [1.29, 1.82) is 0 Å². The van der Waals surface area contributed by atoms with E-state index in [2.05, 4.69) is 47.2 Å². The number of benzene rings is 3. The van der Waals surface area contributed by atoms with Crippen LogP contribution in [0.1, 0.15) is 118 Å². The fourth-order valence-electron chi connectivity index (χ4n) is 9.41. The topological polar surface area (TPSA) is 348 Å². The highest BCUT2D eigenvalue weighted by atomic mass is 16.5. The van der Waals surface area contributed by atoms with Crippen molar-refractivity contribution in [3.63, 3.8) is 0 Å². The number of fused-ring (bicyclic) bond motifs is 1. The summed E-state index contributed by atoms with van der Waals surface area (Å²) in [5.41, 5.74) is 16.0. The first-order chi connectivity index (χ1) is 41.3. The summed E-state index contributed by atoms with van der Waals surface area (Å²) in [6.45, 7) is 8.93. The number of carbonyl (C=O) groups excluding carboxylic acids is 10. The number of nitrogens with zero attached hydrogens (tertiary/aromatic N) is 4. The van der Waals surface area contributed by atoms with Crippen molar-refractivity contribution in [1.82, 2.24) is 41.4 Å². The van der Waals surface area contributed by atoms with E-state index in [4.69, 9.17) is 16.2 Å². The lowest BCUT2D eigenvalue weighted by molar-refractivity contribution is -0.137. The van der Waals surface area contributed by atoms with Gasteiger partial charge in [0.15, 0.2) is 0 Å². The molecule has 2 unspecified atom stereocenters. The van der Waals surface area contributed by atoms with E-state index in [-0.39, 0.29) is 93.7 Å². The Morgan fingerprint density at radius 1 is 0.721 bits per heavy atom. The van der Waals surface area contributed by atoms with Crippen LogP contribution in [0.4, 0.5) is 26.7 Å². The summed E-state index contributed by atoms with van der Waals surface area (Å²) < 4.78 is 5.54. The van der Waals surface area contributed by atoms with E-state index in [1.165, 1.54) is 24.5 Å². The summed E-state index contributed by atoms with van der Waals surface area (Å²) in [5, 5.41) is 19.1. The SMILES string of the molecule is CCCN(CCC)C(=O)C1=Cc2ccc(C(=O)Nc3cncc(CNC(=O)[C@H](Cc4ccccc4)NC(=O)OCc4ccc(NC(=O)C(CCCNC(N)=O)NC(=O)C(NC(=O)CCCCCN5C(=O)C=CC5=O)C(C)C)cc4)c3)cc2N=C(N)C1. The fourth-order valence-corrected chi connectivity index (χ4v) is 9.41. The van der Waals surface area contributed by atoms with Gasteiger partial charge in [0.1, 0.15) is 30.6 Å². The number of anilines is 2. The van der Waals surface area contributed by atoms with Crippen LogP contribution in [0.15, 0.2) is 114 Å². The molecule has 86 heavy (non-hydrogen) atoms. The van der Waals surface area contributed by atoms with Crippen LogP contribution < -0.4 is 48.7 Å². The Kier molecular flexibility index (Phi) is 25.0. The van der Waals surface area contributed by atoms with Gasteiger partial charge in [0.2, 0.25) is 29.5 Å². The highest BCUT2D eigenvalue weighted by Crippen LogP contribution is 2.29. The highest BCUT2D eigenvalue weighted by molar-refractivity contribution is 6.13. The van der Waals surface area contributed by atoms with Crippen LogP contribution >= 0.6 is 0 Å². The van der Waals surface area contributed by atoms with Crippen molar-refractivity contribution in [3.05, 3.63) is 137 Å². The predicted molar refractivity (Wildman–Crippen MR) is 324 cm³/mol. The minimum absolute atomic E-state index is 0.0116. The number of imide groups is 1. The van der Waals surface area contributed by atoms with Gasteiger partial charge in [0.25, 0.3) is 17.7 Å². The Morgan fingerprint density at radius 3 is 2.13 bits per heavy atom. The number of aromatic nitrogens is 1. The molecule has 24 nitrogen and oxygen atoms in total. The Labute approximate surface area is 499 Å². The second kappa shape index (κ2) is 32.9. The number of alkyl carbamates (subject to hydrolysis) is 1. The van der Waals surface area contributed by atoms with Gasteiger partial charge in [-0.25, -0.2) is 14.6 Å². The van der Waals surface area contributed by atoms with Crippen LogP contribution in [0.25, 0.3) is 6.08 Å². The van der Waals surface area contributed by atoms with E-state index in [1.807, 2.05) is 49.1 Å². The van der Waals surface area contributed by atoms with Gasteiger partial charge >= 0.3 is 12.1 Å². The number of amides is 11. The Bertz CT molecular complexity index is 3160. The number of ether oxygens (including phenoxy) is 1. The third-order valence-electron chi connectivity index (χ3n) is 13.9. The van der Waals surface area contributed by atoms with Gasteiger partial charge in [-0.05, 0) is 97.5 Å². The molecule has 0 radical (unpaired) electrons. The molecule has 3 heterocycles. The second-order valence-electron chi connectivity index (χ2n) is 21.2. The summed E-state index contributed by atoms with van der Waals surface area (Å²) in [6.07, 6.45) is 10.2. The van der Waals surface area contributed by atoms with Crippen LogP contribution in [-0.4, -0.2) is 124 Å². The normalized spacial score (nSPS) is 13.6. The number of amidine groups is 1. The lowest BCUT2D eigenvalue weighted by Gasteiger charge is -2.25. The van der Waals surface area contributed by atoms with Crippen LogP contribution in [0.2, 0.25) is 0 Å². The van der Waals surface area contributed by atoms with E-state index >= 15 is 0 Å². The molecule has 11 N–H and O–H groups in total. The first-order valence-corrected chi connectivity index (χ1v) is 28.8. The number of rotatable bonds is 31. The number of hydrogen-bond donors (Lipinski definition) is 9. The maximum Gasteiger partial charge on any atom is 0.408 e. The molecule has 6 rings (SSSR count). The standard InChI is InChI=1S/C62H77N13O11/c1-5-27-74(28-6-2)60(83)45-32-43-20-21-44(33-49(43)70-51(63)34-45)56(79)69-47-30-42(35-65-37-47)36-67-57(80)50(31-40-14-9-7-10-15-40)72-62(85)86-38-41-18-22-46(23-19-41)68-58(81)48(16-13-26-66-61(64)84)71-59(82)55(39(3)4)73-52(76)17-11-8-12-29-75-53(77)24-25-54(75)78/h7,9-10,14-15,18-25,30,32-33,35,37,39,48,50,55H,5-6,8,11-13,16-17,26-29,31,34,36,38H2,1-4H3,(H2,63,70)(H,67,80)(H,68,81)(H,69,79)(H,71,82)(H,72,85)(H,73,76)(H3,64,66,84)/t48?,50-,55?/m0/s1. The maximum atomic E-state index is 13.8. The van der Waals surface area contributed by atoms with Crippen molar-refractivity contribution in [2.24, 2.45) is 22.4 Å². The minimum Gasteiger partial charge on any atom is -0.445 e. The van der Waals surface area contributed by atoms with Crippen molar-refractivity contribution >= 4 is 88.4 Å². The molecule has 0 fully saturated rings. The number of carbonyl (C=O) groups is 10. The van der Waals surface area contributed by atoms with Crippen LogP contribution in [0.3, 0.4) is 0 Å². The maximum absolute atomic E-state index is 13.8. The van der Waals surface area contributed by atoms with Crippen molar-refractivity contribution in [2.45, 2.75) is 123 Å². The Balaban J connectivity index is 1.01. The molecule has 11 amide bonds. The summed E-state index contributed by atoms with van der Waals surface area (Å²) >= 11 is 0. The van der Waals surface area contributed by atoms with E-state index in [1.54, 1.807) is 68.5 Å². The molecule has 0 saturated carbocycles. The number of urea groups is 1. The zero-order valence-corrected chi connectivity index (χ0v) is 48.9. The Hall–Kier alpha value is -9.74. The van der Waals surface area contributed by atoms with Crippen LogP contribution in [-0.2, 0) is 57.9 Å². The van der Waals surface area contributed by atoms with E-state index in [0.717, 1.165) is 23.3 Å². The third-order valence-corrected chi connectivity index (χ3v) is 13.9. The summed E-state index contributed by atoms with van der Waals surface area (Å²) in [7, 11) is 0. The number of nitrogens with two attached hydrogens (primary N) is 2. The number of primary amides is 1. The summed E-state index contributed by atoms with van der Waals surface area (Å²) in [6, 6.07) is 18.2. The molecule has 0 bridgehead atoms. The molecule has 0 spiro atoms. The van der Waals surface area contributed by atoms with Crippen LogP contribution in [0.5, 0.6) is 0 Å². The van der Waals surface area contributed by atoms with Gasteiger partial charge in [0, 0.05) is 92.7 Å². The quantitative estimate of drug-likeness (QED) is 0.0225. The molecule has 1 aromatic heterocycles. The van der Waals surface area contributed by atoms with Gasteiger partial charge in [-0.3, -0.25) is 48.2 Å². The van der Waals surface area contributed by atoms with Crippen molar-refractivity contribution in [2.75, 3.05) is 36.8 Å². The van der Waals surface area contributed by atoms with E-state index in [9.17, 15) is 47.9 Å². The molecule has 3 atom stereocenters. The largest absolute Gasteiger partial charge is 0.445 e. The molecule has 24 heteroatoms. The van der Waals surface area contributed by atoms with E-state index < -0.39 is 53.9 Å². The fraction of sp³-hybridized carbons (Fsp3) is 0.387. The van der Waals surface area contributed by atoms with Gasteiger partial charge in [0.05, 0.1) is 17.6 Å². The molecule has 2 aliphatic rings. The first kappa shape index (κ1) is 65.4. The molecule has 4 aromatic rings. The smallest absolute Gasteiger partial charge is 0.408 e. The molecule has 456 valence electrons. The second-order valence-corrected chi connectivity index (χ2v) is 21.2. The number of hydrogen-bond acceptors (Lipinski definition) is 14. The minimum atomic E-state index is -1.10. The number of nitrogens with one attached hydrogen (secondary N) is 7. The molecule has 0 saturated heterocycles. The number of unbranched alkanes of at least 4 members (excludes halogenated alkanes) is 2. The summed E-state index contributed by atoms with van der Waals surface area (Å²) in [5.74, 6) is -3.48.